The molecule has 1 saturated heterocycles. The van der Waals surface area contributed by atoms with Crippen molar-refractivity contribution in [2.24, 2.45) is 0 Å². The van der Waals surface area contributed by atoms with Crippen molar-refractivity contribution in [2.75, 3.05) is 26.8 Å². The molecule has 1 fully saturated rings. The van der Waals surface area contributed by atoms with Gasteiger partial charge in [0.05, 0.1) is 12.1 Å². The van der Waals surface area contributed by atoms with Crippen molar-refractivity contribution >= 4 is 11.9 Å². The van der Waals surface area contributed by atoms with Crippen molar-refractivity contribution in [3.8, 4) is 0 Å². The second kappa shape index (κ2) is 8.95. The zero-order valence-electron chi connectivity index (χ0n) is 18.1. The van der Waals surface area contributed by atoms with Gasteiger partial charge in [0.1, 0.15) is 18.3 Å². The number of fused-ring (bicyclic) bond motifs is 1. The lowest BCUT2D eigenvalue weighted by Gasteiger charge is -2.40. The number of hydrogen-bond donors (Lipinski definition) is 2. The molecule has 2 aliphatic rings. The number of esters is 2. The van der Waals surface area contributed by atoms with Crippen LogP contribution in [0.2, 0.25) is 0 Å². The number of methoxy groups -OCH3 is 1. The summed E-state index contributed by atoms with van der Waals surface area (Å²) in [6, 6.07) is -0.161. The Balaban J connectivity index is 2.08. The van der Waals surface area contributed by atoms with Crippen LogP contribution in [0.5, 0.6) is 0 Å². The van der Waals surface area contributed by atoms with Crippen LogP contribution < -0.4 is 0 Å². The molecule has 8 heteroatoms. The van der Waals surface area contributed by atoms with Gasteiger partial charge in [-0.2, -0.15) is 0 Å². The van der Waals surface area contributed by atoms with E-state index in [4.69, 9.17) is 14.2 Å². The number of aliphatic hydroxyl groups is 2. The van der Waals surface area contributed by atoms with E-state index in [2.05, 4.69) is 4.90 Å². The minimum atomic E-state index is -2.23. The maximum absolute atomic E-state index is 12.7. The van der Waals surface area contributed by atoms with Crippen molar-refractivity contribution in [1.82, 2.24) is 4.90 Å². The molecule has 2 rings (SSSR count). The van der Waals surface area contributed by atoms with E-state index in [1.807, 2.05) is 6.08 Å². The molecule has 0 aromatic carbocycles. The first-order valence-electron chi connectivity index (χ1n) is 9.89. The molecular formula is C21H33NO7. The average Bonchev–Trinajstić information content (AvgIpc) is 3.26. The first-order valence-corrected chi connectivity index (χ1v) is 9.89. The van der Waals surface area contributed by atoms with Crippen LogP contribution in [-0.2, 0) is 23.8 Å². The highest BCUT2D eigenvalue weighted by molar-refractivity contribution is 5.87. The quantitative estimate of drug-likeness (QED) is 0.346. The van der Waals surface area contributed by atoms with E-state index in [1.165, 1.54) is 27.9 Å². The number of rotatable bonds is 8. The SMILES string of the molecule is C/C=C(\C)C(=O)O[C@H]1CCN2CC=C(COC(=O)C(O)(C(C)OC)C(C)(C)O)[C@H]12. The second-order valence-corrected chi connectivity index (χ2v) is 8.20. The molecule has 2 heterocycles. The lowest BCUT2D eigenvalue weighted by Crippen LogP contribution is -2.63. The summed E-state index contributed by atoms with van der Waals surface area (Å²) in [5, 5.41) is 21.2. The highest BCUT2D eigenvalue weighted by atomic mass is 16.6. The van der Waals surface area contributed by atoms with Gasteiger partial charge in [-0.3, -0.25) is 4.90 Å². The van der Waals surface area contributed by atoms with Crippen LogP contribution in [-0.4, -0.2) is 83.3 Å². The molecule has 4 atom stereocenters. The molecule has 0 aliphatic carbocycles. The first-order chi connectivity index (χ1) is 13.5. The molecule has 0 spiro atoms. The third kappa shape index (κ3) is 4.55. The topological polar surface area (TPSA) is 106 Å². The van der Waals surface area contributed by atoms with Crippen molar-refractivity contribution in [1.29, 1.82) is 0 Å². The van der Waals surface area contributed by atoms with Gasteiger partial charge in [-0.15, -0.1) is 0 Å². The molecule has 0 aromatic rings. The van der Waals surface area contributed by atoms with E-state index >= 15 is 0 Å². The van der Waals surface area contributed by atoms with E-state index < -0.39 is 23.3 Å². The van der Waals surface area contributed by atoms with Gasteiger partial charge >= 0.3 is 11.9 Å². The van der Waals surface area contributed by atoms with Crippen molar-refractivity contribution < 1.29 is 34.0 Å². The Morgan fingerprint density at radius 3 is 2.59 bits per heavy atom. The monoisotopic (exact) mass is 411 g/mol. The minimum absolute atomic E-state index is 0.0640. The lowest BCUT2D eigenvalue weighted by atomic mass is 9.81. The van der Waals surface area contributed by atoms with Crippen LogP contribution in [0.4, 0.5) is 0 Å². The Hall–Kier alpha value is -1.74. The van der Waals surface area contributed by atoms with E-state index in [1.54, 1.807) is 19.9 Å². The zero-order valence-corrected chi connectivity index (χ0v) is 18.1. The summed E-state index contributed by atoms with van der Waals surface area (Å²) in [7, 11) is 1.34. The van der Waals surface area contributed by atoms with E-state index in [-0.39, 0.29) is 24.7 Å². The van der Waals surface area contributed by atoms with Crippen molar-refractivity contribution in [3.63, 3.8) is 0 Å². The van der Waals surface area contributed by atoms with Gasteiger partial charge < -0.3 is 24.4 Å². The molecule has 2 N–H and O–H groups in total. The van der Waals surface area contributed by atoms with Crippen LogP contribution in [0, 0.1) is 0 Å². The molecule has 0 aromatic heterocycles. The van der Waals surface area contributed by atoms with Crippen LogP contribution in [0.1, 0.15) is 41.0 Å². The van der Waals surface area contributed by atoms with Gasteiger partial charge in [-0.05, 0) is 46.6 Å². The first kappa shape index (κ1) is 23.5. The third-order valence-electron chi connectivity index (χ3n) is 5.98. The maximum Gasteiger partial charge on any atom is 0.344 e. The van der Waals surface area contributed by atoms with Gasteiger partial charge in [0, 0.05) is 25.8 Å². The third-order valence-corrected chi connectivity index (χ3v) is 5.98. The number of hydrogen-bond acceptors (Lipinski definition) is 8. The van der Waals surface area contributed by atoms with Crippen LogP contribution in [0.3, 0.4) is 0 Å². The number of ether oxygens (including phenoxy) is 3. The highest BCUT2D eigenvalue weighted by Gasteiger charge is 2.55. The number of allylic oxidation sites excluding steroid dienone is 1. The van der Waals surface area contributed by atoms with Crippen LogP contribution >= 0.6 is 0 Å². The Labute approximate surface area is 172 Å². The smallest absolute Gasteiger partial charge is 0.344 e. The van der Waals surface area contributed by atoms with Gasteiger partial charge in [-0.25, -0.2) is 9.59 Å². The predicted molar refractivity (Wildman–Crippen MR) is 106 cm³/mol. The molecule has 29 heavy (non-hydrogen) atoms. The number of carbonyl (C=O) groups is 2. The maximum atomic E-state index is 12.7. The fourth-order valence-electron chi connectivity index (χ4n) is 3.82. The molecule has 2 aliphatic heterocycles. The summed E-state index contributed by atoms with van der Waals surface area (Å²) in [4.78, 5) is 27.0. The summed E-state index contributed by atoms with van der Waals surface area (Å²) >= 11 is 0. The summed E-state index contributed by atoms with van der Waals surface area (Å²) < 4.78 is 16.1. The minimum Gasteiger partial charge on any atom is -0.459 e. The van der Waals surface area contributed by atoms with E-state index in [0.29, 0.717) is 18.5 Å². The summed E-state index contributed by atoms with van der Waals surface area (Å²) in [5.74, 6) is -1.32. The van der Waals surface area contributed by atoms with Crippen LogP contribution in [0.25, 0.3) is 0 Å². The Morgan fingerprint density at radius 1 is 1.38 bits per heavy atom. The van der Waals surface area contributed by atoms with Gasteiger partial charge in [-0.1, -0.05) is 12.2 Å². The molecule has 0 bridgehead atoms. The van der Waals surface area contributed by atoms with Crippen molar-refractivity contribution in [2.45, 2.75) is 70.5 Å². The molecule has 164 valence electrons. The predicted octanol–water partition coefficient (Wildman–Crippen LogP) is 0.959. The highest BCUT2D eigenvalue weighted by Crippen LogP contribution is 2.33. The summed E-state index contributed by atoms with van der Waals surface area (Å²) in [6.07, 6.45) is 3.05. The molecule has 8 nitrogen and oxygen atoms in total. The second-order valence-electron chi connectivity index (χ2n) is 8.20. The Bertz CT molecular complexity index is 694. The molecular weight excluding hydrogens is 378 g/mol. The number of nitrogens with zero attached hydrogens (tertiary/aromatic N) is 1. The Kier molecular flexibility index (Phi) is 7.27. The molecule has 2 unspecified atom stereocenters. The molecule has 0 amide bonds. The van der Waals surface area contributed by atoms with Gasteiger partial charge in [0.25, 0.3) is 0 Å². The normalized spacial score (nSPS) is 25.8. The van der Waals surface area contributed by atoms with Gasteiger partial charge in [0.2, 0.25) is 5.60 Å². The van der Waals surface area contributed by atoms with E-state index in [9.17, 15) is 19.8 Å². The van der Waals surface area contributed by atoms with Crippen LogP contribution in [0.15, 0.2) is 23.3 Å². The Morgan fingerprint density at radius 2 is 2.03 bits per heavy atom. The standard InChI is InChI=1S/C21H33NO7/c1-7-13(2)18(23)29-16-9-11-22-10-8-15(17(16)22)12-28-19(24)21(26,14(3)27-6)20(4,5)25/h7-8,14,16-17,25-26H,9-12H2,1-6H3/b13-7+/t14?,16-,17+,21?/m0/s1. The average molecular weight is 411 g/mol. The largest absolute Gasteiger partial charge is 0.459 e. The van der Waals surface area contributed by atoms with Crippen molar-refractivity contribution in [3.05, 3.63) is 23.3 Å². The fourth-order valence-corrected chi connectivity index (χ4v) is 3.82. The summed E-state index contributed by atoms with van der Waals surface area (Å²) in [5.41, 5.74) is -2.65. The number of carbonyl (C=O) groups excluding carboxylic acids is 2. The molecule has 0 saturated carbocycles. The lowest BCUT2D eigenvalue weighted by molar-refractivity contribution is -0.216. The zero-order chi connectivity index (χ0) is 22.0. The molecule has 0 radical (unpaired) electrons. The fraction of sp³-hybridized carbons (Fsp3) is 0.714. The van der Waals surface area contributed by atoms with E-state index in [0.717, 1.165) is 12.1 Å². The van der Waals surface area contributed by atoms with Gasteiger partial charge in [0.15, 0.2) is 0 Å². The summed E-state index contributed by atoms with van der Waals surface area (Å²) in [6.45, 7) is 9.03.